The number of nitrogens with zero attached hydrogens (tertiary/aromatic N) is 1. The number of hydrogen-bond acceptors (Lipinski definition) is 7. The summed E-state index contributed by atoms with van der Waals surface area (Å²) in [6, 6.07) is 17.9. The van der Waals surface area contributed by atoms with Gasteiger partial charge in [0.25, 0.3) is 0 Å². The summed E-state index contributed by atoms with van der Waals surface area (Å²) < 4.78 is 27.5. The van der Waals surface area contributed by atoms with Gasteiger partial charge in [0.2, 0.25) is 0 Å². The van der Waals surface area contributed by atoms with E-state index in [2.05, 4.69) is 17.1 Å². The van der Waals surface area contributed by atoms with E-state index in [0.717, 1.165) is 39.4 Å². The van der Waals surface area contributed by atoms with Crippen LogP contribution in [0.3, 0.4) is 0 Å². The van der Waals surface area contributed by atoms with Gasteiger partial charge in [-0.15, -0.1) is 0 Å². The Labute approximate surface area is 199 Å². The second kappa shape index (κ2) is 10.7. The molecule has 0 N–H and O–H groups in total. The lowest BCUT2D eigenvalue weighted by Crippen LogP contribution is -2.49. The van der Waals surface area contributed by atoms with Gasteiger partial charge >= 0.3 is 5.97 Å². The van der Waals surface area contributed by atoms with Crippen molar-refractivity contribution in [2.75, 3.05) is 33.5 Å². The van der Waals surface area contributed by atoms with Crippen LogP contribution in [0.1, 0.15) is 23.7 Å². The molecule has 0 spiro atoms. The van der Waals surface area contributed by atoms with Crippen LogP contribution < -0.4 is 9.47 Å². The molecule has 0 radical (unpaired) electrons. The van der Waals surface area contributed by atoms with Crippen molar-refractivity contribution >= 4 is 5.97 Å². The number of methoxy groups -OCH3 is 1. The Bertz CT molecular complexity index is 1120. The number of aryl methyl sites for hydroxylation is 1. The zero-order valence-corrected chi connectivity index (χ0v) is 19.7. The number of aromatic nitrogens is 1. The highest BCUT2D eigenvalue weighted by Gasteiger charge is 2.42. The number of carbonyl (C=O) groups is 1. The van der Waals surface area contributed by atoms with Crippen molar-refractivity contribution in [1.29, 1.82) is 0 Å². The summed E-state index contributed by atoms with van der Waals surface area (Å²) in [6.45, 7) is 5.21. The number of pyridine rings is 1. The fourth-order valence-electron chi connectivity index (χ4n) is 3.79. The molecule has 2 heterocycles. The van der Waals surface area contributed by atoms with Crippen LogP contribution >= 0.6 is 0 Å². The predicted octanol–water partition coefficient (Wildman–Crippen LogP) is 4.45. The second-order valence-electron chi connectivity index (χ2n) is 8.10. The Hall–Kier alpha value is -3.42. The first-order valence-electron chi connectivity index (χ1n) is 11.2. The molecule has 0 unspecified atom stereocenters. The molecule has 7 heteroatoms. The maximum atomic E-state index is 11.7. The highest BCUT2D eigenvalue weighted by atomic mass is 16.6. The molecule has 1 aliphatic heterocycles. The van der Waals surface area contributed by atoms with Crippen molar-refractivity contribution in [3.05, 3.63) is 77.6 Å². The molecule has 178 valence electrons. The lowest BCUT2D eigenvalue weighted by molar-refractivity contribution is -0.221. The molecule has 0 aliphatic carbocycles. The monoisotopic (exact) mass is 463 g/mol. The minimum atomic E-state index is -0.623. The zero-order chi connectivity index (χ0) is 24.0. The molecule has 2 aromatic carbocycles. The quantitative estimate of drug-likeness (QED) is 0.411. The number of carbonyl (C=O) groups excluding carboxylic acids is 1. The molecule has 34 heavy (non-hydrogen) atoms. The molecule has 0 atom stereocenters. The molecule has 3 aromatic rings. The fourth-order valence-corrected chi connectivity index (χ4v) is 3.79. The predicted molar refractivity (Wildman–Crippen MR) is 127 cm³/mol. The lowest BCUT2D eigenvalue weighted by Gasteiger charge is -2.41. The average molecular weight is 464 g/mol. The van der Waals surface area contributed by atoms with Crippen LogP contribution in [0.25, 0.3) is 11.1 Å². The first-order valence-corrected chi connectivity index (χ1v) is 11.2. The number of esters is 1. The average Bonchev–Trinajstić information content (AvgIpc) is 2.83. The summed E-state index contributed by atoms with van der Waals surface area (Å²) in [5.41, 5.74) is 4.40. The molecule has 0 amide bonds. The number of rotatable bonds is 10. The maximum Gasteiger partial charge on any atom is 0.332 e. The minimum absolute atomic E-state index is 0.103. The summed E-state index contributed by atoms with van der Waals surface area (Å²) in [5.74, 6) is 1.09. The summed E-state index contributed by atoms with van der Waals surface area (Å²) >= 11 is 0. The Kier molecular flexibility index (Phi) is 7.45. The number of ether oxygens (including phenoxy) is 5. The molecule has 1 aliphatic rings. The van der Waals surface area contributed by atoms with Crippen molar-refractivity contribution in [3.8, 4) is 22.6 Å². The van der Waals surface area contributed by atoms with E-state index in [-0.39, 0.29) is 12.6 Å². The SMILES string of the molecule is CCOC(=O)COC1(c2ccc(OCc3cccc(-c4cc(OC)cnc4C)c3)cc2)COC1. The van der Waals surface area contributed by atoms with Crippen molar-refractivity contribution in [1.82, 2.24) is 4.98 Å². The Morgan fingerprint density at radius 1 is 1.09 bits per heavy atom. The summed E-state index contributed by atoms with van der Waals surface area (Å²) in [5, 5.41) is 0. The normalized spacial score (nSPS) is 14.2. The van der Waals surface area contributed by atoms with Crippen LogP contribution in [0, 0.1) is 6.92 Å². The smallest absolute Gasteiger partial charge is 0.332 e. The van der Waals surface area contributed by atoms with Gasteiger partial charge in [0.1, 0.15) is 30.3 Å². The van der Waals surface area contributed by atoms with E-state index in [0.29, 0.717) is 26.4 Å². The first kappa shape index (κ1) is 23.7. The third-order valence-corrected chi connectivity index (χ3v) is 5.76. The van der Waals surface area contributed by atoms with Crippen molar-refractivity contribution in [3.63, 3.8) is 0 Å². The molecule has 1 fully saturated rings. The van der Waals surface area contributed by atoms with E-state index in [9.17, 15) is 4.79 Å². The summed E-state index contributed by atoms with van der Waals surface area (Å²) in [6.07, 6.45) is 1.72. The molecular formula is C27H29NO6. The van der Waals surface area contributed by atoms with Crippen LogP contribution in [0.5, 0.6) is 11.5 Å². The molecule has 7 nitrogen and oxygen atoms in total. The van der Waals surface area contributed by atoms with Crippen LogP contribution in [0.4, 0.5) is 0 Å². The highest BCUT2D eigenvalue weighted by molar-refractivity contribution is 5.70. The van der Waals surface area contributed by atoms with Crippen molar-refractivity contribution in [2.24, 2.45) is 0 Å². The van der Waals surface area contributed by atoms with Gasteiger partial charge in [0.05, 0.1) is 33.1 Å². The highest BCUT2D eigenvalue weighted by Crippen LogP contribution is 2.35. The molecular weight excluding hydrogens is 434 g/mol. The van der Waals surface area contributed by atoms with Gasteiger partial charge in [-0.2, -0.15) is 0 Å². The fraction of sp³-hybridized carbons (Fsp3) is 0.333. The Morgan fingerprint density at radius 2 is 1.88 bits per heavy atom. The van der Waals surface area contributed by atoms with Gasteiger partial charge in [-0.3, -0.25) is 4.98 Å². The van der Waals surface area contributed by atoms with Gasteiger partial charge in [-0.1, -0.05) is 30.3 Å². The van der Waals surface area contributed by atoms with Gasteiger partial charge in [0.15, 0.2) is 0 Å². The number of benzene rings is 2. The maximum absolute atomic E-state index is 11.7. The Balaban J connectivity index is 1.40. The van der Waals surface area contributed by atoms with Gasteiger partial charge in [-0.25, -0.2) is 4.79 Å². The minimum Gasteiger partial charge on any atom is -0.495 e. The lowest BCUT2D eigenvalue weighted by atomic mass is 9.91. The van der Waals surface area contributed by atoms with E-state index in [1.54, 1.807) is 20.2 Å². The summed E-state index contributed by atoms with van der Waals surface area (Å²) in [7, 11) is 1.64. The summed E-state index contributed by atoms with van der Waals surface area (Å²) in [4.78, 5) is 16.1. The van der Waals surface area contributed by atoms with Gasteiger partial charge in [-0.05, 0) is 54.8 Å². The number of hydrogen-bond donors (Lipinski definition) is 0. The molecule has 0 bridgehead atoms. The topological polar surface area (TPSA) is 76.1 Å². The zero-order valence-electron chi connectivity index (χ0n) is 19.7. The molecule has 1 aromatic heterocycles. The Morgan fingerprint density at radius 3 is 2.56 bits per heavy atom. The standard InChI is InChI=1S/C27H29NO6/c1-4-32-26(29)16-34-27(17-31-18-27)22-8-10-23(11-9-22)33-15-20-6-5-7-21(12-20)25-13-24(30-3)14-28-19(25)2/h5-14H,4,15-18H2,1-3H3. The first-order chi connectivity index (χ1) is 16.5. The van der Waals surface area contributed by atoms with Crippen molar-refractivity contribution < 1.29 is 28.5 Å². The van der Waals surface area contributed by atoms with Gasteiger partial charge in [0, 0.05) is 11.3 Å². The molecule has 1 saturated heterocycles. The molecule has 4 rings (SSSR count). The second-order valence-corrected chi connectivity index (χ2v) is 8.10. The van der Waals surface area contributed by atoms with E-state index in [4.69, 9.17) is 23.7 Å². The van der Waals surface area contributed by atoms with Crippen LogP contribution in [0.2, 0.25) is 0 Å². The largest absolute Gasteiger partial charge is 0.495 e. The van der Waals surface area contributed by atoms with Gasteiger partial charge < -0.3 is 23.7 Å². The van der Waals surface area contributed by atoms with E-state index < -0.39 is 5.60 Å². The van der Waals surface area contributed by atoms with E-state index in [1.165, 1.54) is 0 Å². The van der Waals surface area contributed by atoms with E-state index >= 15 is 0 Å². The van der Waals surface area contributed by atoms with Crippen LogP contribution in [0.15, 0.2) is 60.8 Å². The van der Waals surface area contributed by atoms with E-state index in [1.807, 2.05) is 49.4 Å². The van der Waals surface area contributed by atoms with Crippen LogP contribution in [-0.2, 0) is 31.2 Å². The van der Waals surface area contributed by atoms with Crippen molar-refractivity contribution in [2.45, 2.75) is 26.1 Å². The molecule has 0 saturated carbocycles. The third kappa shape index (κ3) is 5.38. The van der Waals surface area contributed by atoms with Crippen LogP contribution in [-0.4, -0.2) is 44.5 Å². The third-order valence-electron chi connectivity index (χ3n) is 5.76.